The Bertz CT molecular complexity index is 1200. The SMILES string of the molecule is Cc1c(C)n(Cc2ccc(Cl)cc2)c2c(N3CCCC(c4ccccc4)C3)nccc12.Cl. The molecular formula is C27H29Cl2N3. The van der Waals surface area contributed by atoms with Crippen LogP contribution in [0.4, 0.5) is 5.82 Å². The normalized spacial score (nSPS) is 16.2. The molecule has 0 aliphatic carbocycles. The Morgan fingerprint density at radius 3 is 2.50 bits per heavy atom. The molecule has 0 radical (unpaired) electrons. The third kappa shape index (κ3) is 4.24. The van der Waals surface area contributed by atoms with Gasteiger partial charge in [-0.1, -0.05) is 54.1 Å². The quantitative estimate of drug-likeness (QED) is 0.318. The average Bonchev–Trinajstić information content (AvgIpc) is 3.06. The molecule has 1 atom stereocenters. The Kier molecular flexibility index (Phi) is 6.78. The molecule has 2 aromatic carbocycles. The Labute approximate surface area is 201 Å². The van der Waals surface area contributed by atoms with Gasteiger partial charge >= 0.3 is 0 Å². The number of nitrogens with zero attached hydrogens (tertiary/aromatic N) is 3. The number of halogens is 2. The first kappa shape index (κ1) is 22.7. The number of hydrogen-bond donors (Lipinski definition) is 0. The maximum Gasteiger partial charge on any atom is 0.153 e. The lowest BCUT2D eigenvalue weighted by molar-refractivity contribution is 0.507. The molecule has 1 saturated heterocycles. The van der Waals surface area contributed by atoms with Gasteiger partial charge in [0.05, 0.1) is 5.52 Å². The summed E-state index contributed by atoms with van der Waals surface area (Å²) in [6.45, 7) is 7.34. The van der Waals surface area contributed by atoms with E-state index in [0.29, 0.717) is 5.92 Å². The molecule has 32 heavy (non-hydrogen) atoms. The summed E-state index contributed by atoms with van der Waals surface area (Å²) >= 11 is 6.11. The van der Waals surface area contributed by atoms with Crippen molar-refractivity contribution >= 4 is 40.7 Å². The van der Waals surface area contributed by atoms with Gasteiger partial charge in [0.2, 0.25) is 0 Å². The summed E-state index contributed by atoms with van der Waals surface area (Å²) in [6.07, 6.45) is 4.40. The number of aryl methyl sites for hydroxylation is 1. The minimum atomic E-state index is 0. The van der Waals surface area contributed by atoms with Gasteiger partial charge in [-0.15, -0.1) is 12.4 Å². The molecule has 0 saturated carbocycles. The highest BCUT2D eigenvalue weighted by Gasteiger charge is 2.25. The van der Waals surface area contributed by atoms with Crippen molar-refractivity contribution in [1.29, 1.82) is 0 Å². The predicted octanol–water partition coefficient (Wildman–Crippen LogP) is 7.16. The first-order valence-electron chi connectivity index (χ1n) is 11.1. The first-order chi connectivity index (χ1) is 15.1. The van der Waals surface area contributed by atoms with Gasteiger partial charge in [-0.3, -0.25) is 0 Å². The van der Waals surface area contributed by atoms with Crippen molar-refractivity contribution in [3.63, 3.8) is 0 Å². The number of aromatic nitrogens is 2. The minimum absolute atomic E-state index is 0. The number of fused-ring (bicyclic) bond motifs is 1. The number of anilines is 1. The Balaban J connectivity index is 0.00000245. The molecule has 0 spiro atoms. The molecule has 1 fully saturated rings. The topological polar surface area (TPSA) is 21.1 Å². The van der Waals surface area contributed by atoms with E-state index in [2.05, 4.69) is 71.8 Å². The third-order valence-electron chi connectivity index (χ3n) is 6.77. The summed E-state index contributed by atoms with van der Waals surface area (Å²) in [5.41, 5.74) is 6.57. The summed E-state index contributed by atoms with van der Waals surface area (Å²) in [5, 5.41) is 2.08. The zero-order valence-electron chi connectivity index (χ0n) is 18.6. The zero-order chi connectivity index (χ0) is 21.4. The minimum Gasteiger partial charge on any atom is -0.354 e. The molecule has 4 aromatic rings. The monoisotopic (exact) mass is 465 g/mol. The molecule has 3 heterocycles. The van der Waals surface area contributed by atoms with Crippen molar-refractivity contribution in [3.05, 3.63) is 94.3 Å². The van der Waals surface area contributed by atoms with Crippen LogP contribution in [0, 0.1) is 13.8 Å². The van der Waals surface area contributed by atoms with Gasteiger partial charge in [-0.05, 0) is 61.6 Å². The highest BCUT2D eigenvalue weighted by Crippen LogP contribution is 2.36. The van der Waals surface area contributed by atoms with Crippen molar-refractivity contribution in [2.24, 2.45) is 0 Å². The fraction of sp³-hybridized carbons (Fsp3) is 0.296. The molecule has 5 heteroatoms. The molecule has 2 aromatic heterocycles. The second kappa shape index (κ2) is 9.56. The van der Waals surface area contributed by atoms with Crippen LogP contribution in [0.2, 0.25) is 5.02 Å². The summed E-state index contributed by atoms with van der Waals surface area (Å²) in [7, 11) is 0. The molecule has 166 valence electrons. The number of hydrogen-bond acceptors (Lipinski definition) is 2. The number of benzene rings is 2. The van der Waals surface area contributed by atoms with Crippen molar-refractivity contribution in [2.75, 3.05) is 18.0 Å². The van der Waals surface area contributed by atoms with E-state index in [9.17, 15) is 0 Å². The smallest absolute Gasteiger partial charge is 0.153 e. The maximum atomic E-state index is 6.11. The van der Waals surface area contributed by atoms with Crippen LogP contribution in [0.25, 0.3) is 10.9 Å². The van der Waals surface area contributed by atoms with Crippen LogP contribution >= 0.6 is 24.0 Å². The van der Waals surface area contributed by atoms with E-state index in [1.54, 1.807) is 0 Å². The van der Waals surface area contributed by atoms with Gasteiger partial charge in [0.1, 0.15) is 0 Å². The summed E-state index contributed by atoms with van der Waals surface area (Å²) in [5.74, 6) is 1.66. The standard InChI is InChI=1S/C27H28ClN3.ClH/c1-19-20(2)31(17-21-10-12-24(28)13-11-21)26-25(19)14-15-29-27(26)30-16-6-9-23(18-30)22-7-4-3-5-8-22;/h3-5,7-8,10-15,23H,6,9,16-18H2,1-2H3;1H. The van der Waals surface area contributed by atoms with E-state index in [4.69, 9.17) is 16.6 Å². The van der Waals surface area contributed by atoms with Crippen molar-refractivity contribution in [3.8, 4) is 0 Å². The second-order valence-electron chi connectivity index (χ2n) is 8.65. The van der Waals surface area contributed by atoms with Crippen LogP contribution in [-0.2, 0) is 6.54 Å². The molecule has 1 unspecified atom stereocenters. The van der Waals surface area contributed by atoms with Gasteiger partial charge in [0, 0.05) is 47.9 Å². The van der Waals surface area contributed by atoms with E-state index in [1.165, 1.54) is 46.1 Å². The van der Waals surface area contributed by atoms with Crippen molar-refractivity contribution in [1.82, 2.24) is 9.55 Å². The highest BCUT2D eigenvalue weighted by molar-refractivity contribution is 6.30. The van der Waals surface area contributed by atoms with Crippen LogP contribution in [0.5, 0.6) is 0 Å². The van der Waals surface area contributed by atoms with Crippen LogP contribution < -0.4 is 4.90 Å². The number of piperidine rings is 1. The van der Waals surface area contributed by atoms with Gasteiger partial charge in [-0.25, -0.2) is 4.98 Å². The zero-order valence-corrected chi connectivity index (χ0v) is 20.2. The lowest BCUT2D eigenvalue weighted by Crippen LogP contribution is -2.35. The predicted molar refractivity (Wildman–Crippen MR) is 138 cm³/mol. The molecule has 5 rings (SSSR count). The van der Waals surface area contributed by atoms with E-state index < -0.39 is 0 Å². The van der Waals surface area contributed by atoms with E-state index >= 15 is 0 Å². The number of pyridine rings is 1. The molecule has 3 nitrogen and oxygen atoms in total. The molecule has 0 bridgehead atoms. The van der Waals surface area contributed by atoms with Gasteiger partial charge in [0.15, 0.2) is 5.82 Å². The van der Waals surface area contributed by atoms with E-state index in [0.717, 1.165) is 30.5 Å². The third-order valence-corrected chi connectivity index (χ3v) is 7.02. The largest absolute Gasteiger partial charge is 0.354 e. The van der Waals surface area contributed by atoms with Crippen LogP contribution in [0.15, 0.2) is 66.9 Å². The van der Waals surface area contributed by atoms with E-state index in [-0.39, 0.29) is 12.4 Å². The Morgan fingerprint density at radius 1 is 1.00 bits per heavy atom. The lowest BCUT2D eigenvalue weighted by Gasteiger charge is -2.34. The van der Waals surface area contributed by atoms with Gasteiger partial charge in [0.25, 0.3) is 0 Å². The molecule has 0 N–H and O–H groups in total. The average molecular weight is 466 g/mol. The Hall–Kier alpha value is -2.49. The van der Waals surface area contributed by atoms with Crippen molar-refractivity contribution in [2.45, 2.75) is 39.2 Å². The molecular weight excluding hydrogens is 437 g/mol. The second-order valence-corrected chi connectivity index (χ2v) is 9.09. The molecule has 0 amide bonds. The summed E-state index contributed by atoms with van der Waals surface area (Å²) < 4.78 is 2.43. The van der Waals surface area contributed by atoms with Gasteiger partial charge in [-0.2, -0.15) is 0 Å². The highest BCUT2D eigenvalue weighted by atomic mass is 35.5. The van der Waals surface area contributed by atoms with Crippen LogP contribution in [-0.4, -0.2) is 22.6 Å². The summed E-state index contributed by atoms with van der Waals surface area (Å²) in [6, 6.07) is 21.3. The fourth-order valence-corrected chi connectivity index (χ4v) is 5.07. The Morgan fingerprint density at radius 2 is 1.75 bits per heavy atom. The van der Waals surface area contributed by atoms with E-state index in [1.807, 2.05) is 18.3 Å². The molecule has 1 aliphatic rings. The number of rotatable bonds is 4. The van der Waals surface area contributed by atoms with Crippen LogP contribution in [0.3, 0.4) is 0 Å². The molecule has 1 aliphatic heterocycles. The summed E-state index contributed by atoms with van der Waals surface area (Å²) in [4.78, 5) is 7.41. The van der Waals surface area contributed by atoms with Crippen LogP contribution in [0.1, 0.15) is 41.1 Å². The lowest BCUT2D eigenvalue weighted by atomic mass is 9.90. The first-order valence-corrected chi connectivity index (χ1v) is 11.5. The van der Waals surface area contributed by atoms with Gasteiger partial charge < -0.3 is 9.47 Å². The fourth-order valence-electron chi connectivity index (χ4n) is 4.94. The maximum absolute atomic E-state index is 6.11. The van der Waals surface area contributed by atoms with Crippen molar-refractivity contribution < 1.29 is 0 Å².